The van der Waals surface area contributed by atoms with Crippen LogP contribution in [0.2, 0.25) is 0 Å². The van der Waals surface area contributed by atoms with Crippen LogP contribution in [0.3, 0.4) is 0 Å². The van der Waals surface area contributed by atoms with Crippen LogP contribution in [0.25, 0.3) is 6.08 Å². The highest BCUT2D eigenvalue weighted by atomic mass is 16.1. The normalized spacial score (nSPS) is 10.3. The zero-order valence-electron chi connectivity index (χ0n) is 10.2. The van der Waals surface area contributed by atoms with Gasteiger partial charge in [0.1, 0.15) is 0 Å². The Hall–Kier alpha value is -2.86. The number of benzene rings is 2. The lowest BCUT2D eigenvalue weighted by atomic mass is 10.1. The number of carbonyl (C=O) groups excluding carboxylic acids is 1. The molecular formula is C16H12N2O. The minimum absolute atomic E-state index is 0.0950. The van der Waals surface area contributed by atoms with Crippen molar-refractivity contribution in [1.29, 1.82) is 5.26 Å². The van der Waals surface area contributed by atoms with Crippen LogP contribution in [0, 0.1) is 11.3 Å². The first-order valence-corrected chi connectivity index (χ1v) is 5.77. The molecule has 0 atom stereocenters. The fraction of sp³-hybridized carbons (Fsp3) is 0. The molecule has 19 heavy (non-hydrogen) atoms. The molecule has 0 heterocycles. The molecule has 2 N–H and O–H groups in total. The first kappa shape index (κ1) is 12.6. The molecule has 0 fully saturated rings. The van der Waals surface area contributed by atoms with Gasteiger partial charge in [-0.15, -0.1) is 0 Å². The van der Waals surface area contributed by atoms with E-state index in [1.54, 1.807) is 48.5 Å². The van der Waals surface area contributed by atoms with Crippen molar-refractivity contribution in [3.63, 3.8) is 0 Å². The molecule has 3 heteroatoms. The van der Waals surface area contributed by atoms with Gasteiger partial charge >= 0.3 is 0 Å². The number of rotatable bonds is 3. The predicted molar refractivity (Wildman–Crippen MR) is 75.4 cm³/mol. The summed E-state index contributed by atoms with van der Waals surface area (Å²) >= 11 is 0. The highest BCUT2D eigenvalue weighted by Crippen LogP contribution is 2.10. The van der Waals surface area contributed by atoms with E-state index in [1.807, 2.05) is 6.07 Å². The van der Waals surface area contributed by atoms with Crippen LogP contribution in [0.5, 0.6) is 0 Å². The molecule has 2 aromatic rings. The van der Waals surface area contributed by atoms with Crippen LogP contribution in [-0.4, -0.2) is 5.78 Å². The predicted octanol–water partition coefficient (Wildman–Crippen LogP) is 3.04. The first-order chi connectivity index (χ1) is 9.19. The maximum absolute atomic E-state index is 11.9. The van der Waals surface area contributed by atoms with Crippen molar-refractivity contribution >= 4 is 17.5 Å². The number of nitrogen functional groups attached to an aromatic ring is 1. The van der Waals surface area contributed by atoms with E-state index in [-0.39, 0.29) is 5.78 Å². The van der Waals surface area contributed by atoms with Crippen molar-refractivity contribution in [3.05, 3.63) is 71.3 Å². The topological polar surface area (TPSA) is 66.9 Å². The zero-order valence-corrected chi connectivity index (χ0v) is 10.2. The quantitative estimate of drug-likeness (QED) is 0.515. The fourth-order valence-corrected chi connectivity index (χ4v) is 1.63. The number of nitriles is 1. The molecular weight excluding hydrogens is 236 g/mol. The Balaban J connectivity index is 2.16. The third-order valence-corrected chi connectivity index (χ3v) is 2.64. The third-order valence-electron chi connectivity index (χ3n) is 2.64. The van der Waals surface area contributed by atoms with Gasteiger partial charge in [0.25, 0.3) is 0 Å². The van der Waals surface area contributed by atoms with Crippen molar-refractivity contribution in [2.24, 2.45) is 0 Å². The number of allylic oxidation sites excluding steroid dienone is 1. The maximum atomic E-state index is 11.9. The van der Waals surface area contributed by atoms with E-state index in [0.29, 0.717) is 16.8 Å². The van der Waals surface area contributed by atoms with Crippen molar-refractivity contribution in [1.82, 2.24) is 0 Å². The van der Waals surface area contributed by atoms with Crippen LogP contribution in [0.1, 0.15) is 21.5 Å². The summed E-state index contributed by atoms with van der Waals surface area (Å²) in [6, 6.07) is 15.9. The highest BCUT2D eigenvalue weighted by Gasteiger charge is 2.00. The van der Waals surface area contributed by atoms with Gasteiger partial charge in [0.2, 0.25) is 0 Å². The zero-order chi connectivity index (χ0) is 13.7. The van der Waals surface area contributed by atoms with Gasteiger partial charge < -0.3 is 5.73 Å². The molecule has 2 aromatic carbocycles. The summed E-state index contributed by atoms with van der Waals surface area (Å²) in [5.41, 5.74) is 8.17. The number of nitrogens with two attached hydrogens (primary N) is 1. The van der Waals surface area contributed by atoms with E-state index in [9.17, 15) is 4.79 Å². The SMILES string of the molecule is N#Cc1cccc(C=CC(=O)c2ccc(N)cc2)c1. The third kappa shape index (κ3) is 3.30. The molecule has 0 amide bonds. The van der Waals surface area contributed by atoms with Crippen molar-refractivity contribution in [3.8, 4) is 6.07 Å². The largest absolute Gasteiger partial charge is 0.399 e. The molecule has 0 aromatic heterocycles. The lowest BCUT2D eigenvalue weighted by Gasteiger charge is -1.97. The molecule has 0 radical (unpaired) electrons. The Morgan fingerprint density at radius 1 is 1.16 bits per heavy atom. The Bertz CT molecular complexity index is 664. The van der Waals surface area contributed by atoms with E-state index >= 15 is 0 Å². The first-order valence-electron chi connectivity index (χ1n) is 5.77. The molecule has 0 bridgehead atoms. The van der Waals surface area contributed by atoms with Gasteiger partial charge in [-0.05, 0) is 48.0 Å². The molecule has 3 nitrogen and oxygen atoms in total. The number of nitrogens with zero attached hydrogens (tertiary/aromatic N) is 1. The smallest absolute Gasteiger partial charge is 0.185 e. The van der Waals surface area contributed by atoms with Crippen LogP contribution in [0.4, 0.5) is 5.69 Å². The van der Waals surface area contributed by atoms with Gasteiger partial charge in [-0.2, -0.15) is 5.26 Å². The second-order valence-electron chi connectivity index (χ2n) is 4.06. The van der Waals surface area contributed by atoms with Gasteiger partial charge in [0.15, 0.2) is 5.78 Å². The van der Waals surface area contributed by atoms with Crippen molar-refractivity contribution in [2.75, 3.05) is 5.73 Å². The van der Waals surface area contributed by atoms with E-state index in [4.69, 9.17) is 11.0 Å². The molecule has 0 saturated heterocycles. The molecule has 0 aliphatic rings. The number of carbonyl (C=O) groups is 1. The second-order valence-corrected chi connectivity index (χ2v) is 4.06. The average molecular weight is 248 g/mol. The van der Waals surface area contributed by atoms with Gasteiger partial charge in [0, 0.05) is 11.3 Å². The fourth-order valence-electron chi connectivity index (χ4n) is 1.63. The highest BCUT2D eigenvalue weighted by molar-refractivity contribution is 6.06. The summed E-state index contributed by atoms with van der Waals surface area (Å²) in [6.45, 7) is 0. The summed E-state index contributed by atoms with van der Waals surface area (Å²) < 4.78 is 0. The summed E-state index contributed by atoms with van der Waals surface area (Å²) in [6.07, 6.45) is 3.18. The number of hydrogen-bond acceptors (Lipinski definition) is 3. The minimum Gasteiger partial charge on any atom is -0.399 e. The van der Waals surface area contributed by atoms with Gasteiger partial charge in [0.05, 0.1) is 11.6 Å². The van der Waals surface area contributed by atoms with Gasteiger partial charge in [-0.3, -0.25) is 4.79 Å². The lowest BCUT2D eigenvalue weighted by Crippen LogP contribution is -1.94. The van der Waals surface area contributed by atoms with Crippen LogP contribution >= 0.6 is 0 Å². The Labute approximate surface area is 111 Å². The minimum atomic E-state index is -0.0950. The Kier molecular flexibility index (Phi) is 3.75. The van der Waals surface area contributed by atoms with Gasteiger partial charge in [-0.1, -0.05) is 18.2 Å². The lowest BCUT2D eigenvalue weighted by molar-refractivity contribution is 0.104. The van der Waals surface area contributed by atoms with Gasteiger partial charge in [-0.25, -0.2) is 0 Å². The molecule has 92 valence electrons. The molecule has 0 aliphatic carbocycles. The number of anilines is 1. The number of ketones is 1. The van der Waals surface area contributed by atoms with Crippen LogP contribution in [0.15, 0.2) is 54.6 Å². The van der Waals surface area contributed by atoms with Crippen molar-refractivity contribution in [2.45, 2.75) is 0 Å². The van der Waals surface area contributed by atoms with E-state index in [0.717, 1.165) is 5.56 Å². The Morgan fingerprint density at radius 3 is 2.58 bits per heavy atom. The van der Waals surface area contributed by atoms with Crippen LogP contribution < -0.4 is 5.73 Å². The summed E-state index contributed by atoms with van der Waals surface area (Å²) in [4.78, 5) is 11.9. The molecule has 0 unspecified atom stereocenters. The maximum Gasteiger partial charge on any atom is 0.185 e. The van der Waals surface area contributed by atoms with E-state index in [1.165, 1.54) is 6.08 Å². The van der Waals surface area contributed by atoms with Crippen LogP contribution in [-0.2, 0) is 0 Å². The molecule has 0 aliphatic heterocycles. The molecule has 2 rings (SSSR count). The average Bonchev–Trinajstić information content (AvgIpc) is 2.46. The Morgan fingerprint density at radius 2 is 1.89 bits per heavy atom. The van der Waals surface area contributed by atoms with Crippen molar-refractivity contribution < 1.29 is 4.79 Å². The summed E-state index contributed by atoms with van der Waals surface area (Å²) in [5, 5.41) is 8.79. The molecule has 0 spiro atoms. The summed E-state index contributed by atoms with van der Waals surface area (Å²) in [5.74, 6) is -0.0950. The molecule has 0 saturated carbocycles. The summed E-state index contributed by atoms with van der Waals surface area (Å²) in [7, 11) is 0. The number of hydrogen-bond donors (Lipinski definition) is 1. The van der Waals surface area contributed by atoms with E-state index < -0.39 is 0 Å². The second kappa shape index (κ2) is 5.65. The standard InChI is InChI=1S/C16H12N2O/c17-11-13-3-1-2-12(10-13)4-9-16(19)14-5-7-15(18)8-6-14/h1-10H,18H2. The monoisotopic (exact) mass is 248 g/mol. The van der Waals surface area contributed by atoms with E-state index in [2.05, 4.69) is 6.07 Å².